The van der Waals surface area contributed by atoms with E-state index in [0.717, 1.165) is 21.8 Å². The zero-order valence-corrected chi connectivity index (χ0v) is 16.8. The number of carbonyl (C=O) groups is 1. The van der Waals surface area contributed by atoms with Crippen molar-refractivity contribution in [2.24, 2.45) is 0 Å². The molecule has 1 N–H and O–H groups in total. The lowest BCUT2D eigenvalue weighted by Crippen LogP contribution is -2.22. The van der Waals surface area contributed by atoms with Crippen molar-refractivity contribution in [2.75, 3.05) is 6.61 Å². The van der Waals surface area contributed by atoms with Gasteiger partial charge in [0.05, 0.1) is 23.2 Å². The van der Waals surface area contributed by atoms with E-state index in [0.29, 0.717) is 18.9 Å². The molecule has 0 aliphatic heterocycles. The fraction of sp³-hybridized carbons (Fsp3) is 0.227. The Labute approximate surface area is 167 Å². The molecule has 1 aromatic heterocycles. The lowest BCUT2D eigenvalue weighted by atomic mass is 10.2. The van der Waals surface area contributed by atoms with Gasteiger partial charge in [-0.05, 0) is 61.4 Å². The van der Waals surface area contributed by atoms with Gasteiger partial charge in [-0.1, -0.05) is 24.3 Å². The molecule has 1 amide bonds. The van der Waals surface area contributed by atoms with Gasteiger partial charge in [-0.3, -0.25) is 9.00 Å². The topological polar surface area (TPSA) is 68.5 Å². The Bertz CT molecular complexity index is 963. The summed E-state index contributed by atoms with van der Waals surface area (Å²) in [5.41, 5.74) is 2.02. The van der Waals surface area contributed by atoms with E-state index in [1.54, 1.807) is 12.1 Å². The monoisotopic (exact) mass is 397 g/mol. The summed E-state index contributed by atoms with van der Waals surface area (Å²) in [5.74, 6) is 1.46. The minimum atomic E-state index is -1.22. The van der Waals surface area contributed by atoms with Gasteiger partial charge in [0.15, 0.2) is 5.76 Å². The Kier molecular flexibility index (Phi) is 6.66. The summed E-state index contributed by atoms with van der Waals surface area (Å²) in [6.45, 7) is 4.89. The van der Waals surface area contributed by atoms with Crippen molar-refractivity contribution in [2.45, 2.75) is 31.0 Å². The van der Waals surface area contributed by atoms with Crippen molar-refractivity contribution in [1.82, 2.24) is 5.32 Å². The SMILES string of the molecule is CCOc1ccc(CNC(=O)c2ccc(C[S@@](=O)c3cccc(C)c3)o2)cc1. The second-order valence-corrected chi connectivity index (χ2v) is 7.78. The molecule has 6 heteroatoms. The molecule has 0 bridgehead atoms. The lowest BCUT2D eigenvalue weighted by molar-refractivity contribution is 0.0921. The van der Waals surface area contributed by atoms with E-state index in [1.165, 1.54) is 0 Å². The van der Waals surface area contributed by atoms with Gasteiger partial charge < -0.3 is 14.5 Å². The van der Waals surface area contributed by atoms with Crippen LogP contribution in [0.4, 0.5) is 0 Å². The predicted octanol–water partition coefficient (Wildman–Crippen LogP) is 4.22. The quantitative estimate of drug-likeness (QED) is 0.618. The molecule has 3 rings (SSSR count). The van der Waals surface area contributed by atoms with Gasteiger partial charge in [-0.2, -0.15) is 0 Å². The molecule has 0 fully saturated rings. The van der Waals surface area contributed by atoms with Crippen molar-refractivity contribution < 1.29 is 18.2 Å². The first-order chi connectivity index (χ1) is 13.5. The van der Waals surface area contributed by atoms with E-state index in [1.807, 2.05) is 62.4 Å². The maximum Gasteiger partial charge on any atom is 0.287 e. The first-order valence-corrected chi connectivity index (χ1v) is 10.4. The second-order valence-electron chi connectivity index (χ2n) is 6.33. The number of aryl methyl sites for hydroxylation is 1. The highest BCUT2D eigenvalue weighted by Crippen LogP contribution is 2.17. The summed E-state index contributed by atoms with van der Waals surface area (Å²) in [4.78, 5) is 13.0. The van der Waals surface area contributed by atoms with Gasteiger partial charge in [-0.15, -0.1) is 0 Å². The molecule has 0 radical (unpaired) electrons. The maximum absolute atomic E-state index is 12.5. The van der Waals surface area contributed by atoms with Gasteiger partial charge in [0, 0.05) is 11.4 Å². The number of furan rings is 1. The maximum atomic E-state index is 12.5. The van der Waals surface area contributed by atoms with Crippen LogP contribution in [-0.2, 0) is 23.1 Å². The Hall–Kier alpha value is -2.86. The molecule has 0 saturated heterocycles. The Morgan fingerprint density at radius 2 is 1.89 bits per heavy atom. The van der Waals surface area contributed by atoms with Crippen LogP contribution in [0.15, 0.2) is 70.0 Å². The standard InChI is InChI=1S/C22H23NO4S/c1-3-26-18-9-7-17(8-10-18)14-23-22(24)21-12-11-19(27-21)15-28(25)20-6-4-5-16(2)13-20/h4-13H,3,14-15H2,1-2H3,(H,23,24)/t28-/m1/s1. The Balaban J connectivity index is 1.55. The summed E-state index contributed by atoms with van der Waals surface area (Å²) in [6.07, 6.45) is 0. The molecule has 3 aromatic rings. The van der Waals surface area contributed by atoms with Crippen LogP contribution in [0.3, 0.4) is 0 Å². The molecule has 28 heavy (non-hydrogen) atoms. The number of rotatable bonds is 8. The number of nitrogens with one attached hydrogen (secondary N) is 1. The van der Waals surface area contributed by atoms with Crippen LogP contribution in [0.5, 0.6) is 5.75 Å². The second kappa shape index (κ2) is 9.37. The van der Waals surface area contributed by atoms with Crippen molar-refractivity contribution in [3.63, 3.8) is 0 Å². The Morgan fingerprint density at radius 1 is 1.11 bits per heavy atom. The summed E-state index contributed by atoms with van der Waals surface area (Å²) in [6, 6.07) is 18.4. The molecule has 146 valence electrons. The number of carbonyl (C=O) groups excluding carboxylic acids is 1. The third kappa shape index (κ3) is 5.33. The van der Waals surface area contributed by atoms with Crippen LogP contribution in [0.2, 0.25) is 0 Å². The molecule has 2 aromatic carbocycles. The minimum absolute atomic E-state index is 0.210. The van der Waals surface area contributed by atoms with E-state index < -0.39 is 10.8 Å². The van der Waals surface area contributed by atoms with E-state index >= 15 is 0 Å². The predicted molar refractivity (Wildman–Crippen MR) is 109 cm³/mol. The number of benzene rings is 2. The van der Waals surface area contributed by atoms with Crippen LogP contribution in [-0.4, -0.2) is 16.7 Å². The van der Waals surface area contributed by atoms with Crippen LogP contribution >= 0.6 is 0 Å². The molecular formula is C22H23NO4S. The van der Waals surface area contributed by atoms with Crippen LogP contribution < -0.4 is 10.1 Å². The van der Waals surface area contributed by atoms with E-state index in [2.05, 4.69) is 5.32 Å². The fourth-order valence-electron chi connectivity index (χ4n) is 2.69. The van der Waals surface area contributed by atoms with Gasteiger partial charge in [0.1, 0.15) is 11.5 Å². The fourth-order valence-corrected chi connectivity index (χ4v) is 3.81. The highest BCUT2D eigenvalue weighted by atomic mass is 32.2. The van der Waals surface area contributed by atoms with Crippen molar-refractivity contribution >= 4 is 16.7 Å². The van der Waals surface area contributed by atoms with Crippen molar-refractivity contribution in [1.29, 1.82) is 0 Å². The lowest BCUT2D eigenvalue weighted by Gasteiger charge is -2.06. The highest BCUT2D eigenvalue weighted by Gasteiger charge is 2.13. The van der Waals surface area contributed by atoms with Crippen molar-refractivity contribution in [3.05, 3.63) is 83.3 Å². The molecule has 1 atom stereocenters. The summed E-state index contributed by atoms with van der Waals surface area (Å²) < 4.78 is 23.5. The van der Waals surface area contributed by atoms with Crippen LogP contribution in [0.25, 0.3) is 0 Å². The summed E-state index contributed by atoms with van der Waals surface area (Å²) in [7, 11) is -1.22. The van der Waals surface area contributed by atoms with E-state index in [-0.39, 0.29) is 17.4 Å². The molecule has 0 aliphatic carbocycles. The molecular weight excluding hydrogens is 374 g/mol. The number of hydrogen-bond acceptors (Lipinski definition) is 4. The molecule has 1 heterocycles. The van der Waals surface area contributed by atoms with Gasteiger partial charge in [0.2, 0.25) is 0 Å². The van der Waals surface area contributed by atoms with Gasteiger partial charge in [-0.25, -0.2) is 0 Å². The third-order valence-corrected chi connectivity index (χ3v) is 5.43. The zero-order chi connectivity index (χ0) is 19.9. The number of amides is 1. The molecule has 5 nitrogen and oxygen atoms in total. The number of hydrogen-bond donors (Lipinski definition) is 1. The largest absolute Gasteiger partial charge is 0.494 e. The molecule has 0 saturated carbocycles. The van der Waals surface area contributed by atoms with E-state index in [9.17, 15) is 9.00 Å². The van der Waals surface area contributed by atoms with Crippen LogP contribution in [0, 0.1) is 6.92 Å². The molecule has 0 unspecified atom stereocenters. The Morgan fingerprint density at radius 3 is 2.61 bits per heavy atom. The smallest absolute Gasteiger partial charge is 0.287 e. The van der Waals surface area contributed by atoms with Gasteiger partial charge in [0.25, 0.3) is 5.91 Å². The average Bonchev–Trinajstić information content (AvgIpc) is 3.16. The summed E-state index contributed by atoms with van der Waals surface area (Å²) >= 11 is 0. The average molecular weight is 397 g/mol. The van der Waals surface area contributed by atoms with Crippen molar-refractivity contribution in [3.8, 4) is 5.75 Å². The summed E-state index contributed by atoms with van der Waals surface area (Å²) in [5, 5.41) is 2.82. The first kappa shape index (κ1) is 19.9. The number of ether oxygens (including phenoxy) is 1. The van der Waals surface area contributed by atoms with Gasteiger partial charge >= 0.3 is 0 Å². The van der Waals surface area contributed by atoms with Crippen LogP contribution in [0.1, 0.15) is 34.4 Å². The molecule has 0 spiro atoms. The highest BCUT2D eigenvalue weighted by molar-refractivity contribution is 7.84. The molecule has 0 aliphatic rings. The zero-order valence-electron chi connectivity index (χ0n) is 15.9. The first-order valence-electron chi connectivity index (χ1n) is 9.09. The minimum Gasteiger partial charge on any atom is -0.494 e. The van der Waals surface area contributed by atoms with E-state index in [4.69, 9.17) is 9.15 Å². The third-order valence-electron chi connectivity index (χ3n) is 4.10. The normalized spacial score (nSPS) is 11.8.